The van der Waals surface area contributed by atoms with Gasteiger partial charge in [-0.3, -0.25) is 19.7 Å². The van der Waals surface area contributed by atoms with Crippen molar-refractivity contribution in [1.82, 2.24) is 0 Å². The molecule has 0 aromatic heterocycles. The first kappa shape index (κ1) is 27.6. The fourth-order valence-corrected chi connectivity index (χ4v) is 3.48. The lowest BCUT2D eigenvalue weighted by Gasteiger charge is -2.24. The van der Waals surface area contributed by atoms with Crippen molar-refractivity contribution >= 4 is 17.6 Å². The van der Waals surface area contributed by atoms with Crippen molar-refractivity contribution in [3.63, 3.8) is 0 Å². The number of benzene rings is 2. The Morgan fingerprint density at radius 1 is 1.00 bits per heavy atom. The normalized spacial score (nSPS) is 11.9. The third-order valence-corrected chi connectivity index (χ3v) is 5.51. The van der Waals surface area contributed by atoms with E-state index in [0.717, 1.165) is 5.56 Å². The second-order valence-electron chi connectivity index (χ2n) is 8.28. The zero-order chi connectivity index (χ0) is 26.0. The van der Waals surface area contributed by atoms with E-state index in [0.29, 0.717) is 23.5 Å². The van der Waals surface area contributed by atoms with E-state index < -0.39 is 28.4 Å². The summed E-state index contributed by atoms with van der Waals surface area (Å²) in [7, 11) is 0. The highest BCUT2D eigenvalue weighted by atomic mass is 16.6. The van der Waals surface area contributed by atoms with E-state index in [9.17, 15) is 19.7 Å². The van der Waals surface area contributed by atoms with Crippen LogP contribution >= 0.6 is 0 Å². The molecule has 2 aromatic rings. The lowest BCUT2D eigenvalue weighted by Crippen LogP contribution is -2.39. The molecule has 0 heterocycles. The summed E-state index contributed by atoms with van der Waals surface area (Å²) in [6.07, 6.45) is -0.0783. The van der Waals surface area contributed by atoms with Crippen LogP contribution in [0.2, 0.25) is 0 Å². The van der Waals surface area contributed by atoms with Gasteiger partial charge in [0.2, 0.25) is 0 Å². The molecule has 0 aliphatic heterocycles. The predicted octanol–water partition coefficient (Wildman–Crippen LogP) is 5.33. The third-order valence-electron chi connectivity index (χ3n) is 5.51. The fourth-order valence-electron chi connectivity index (χ4n) is 3.48. The van der Waals surface area contributed by atoms with Gasteiger partial charge in [-0.2, -0.15) is 0 Å². The van der Waals surface area contributed by atoms with Crippen LogP contribution in [-0.4, -0.2) is 36.7 Å². The van der Waals surface area contributed by atoms with E-state index in [1.807, 2.05) is 31.2 Å². The van der Waals surface area contributed by atoms with Gasteiger partial charge in [0, 0.05) is 6.07 Å². The lowest BCUT2D eigenvalue weighted by atomic mass is 9.85. The molecule has 0 amide bonds. The van der Waals surface area contributed by atoms with Crippen molar-refractivity contribution in [3.8, 4) is 11.5 Å². The van der Waals surface area contributed by atoms with E-state index in [1.165, 1.54) is 19.1 Å². The second kappa shape index (κ2) is 12.7. The molecule has 0 bridgehead atoms. The van der Waals surface area contributed by atoms with Crippen LogP contribution < -0.4 is 9.47 Å². The maximum atomic E-state index is 12.4. The van der Waals surface area contributed by atoms with Crippen LogP contribution in [0.25, 0.3) is 0 Å². The molecule has 0 radical (unpaired) electrons. The quantitative estimate of drug-likeness (QED) is 0.122. The Morgan fingerprint density at radius 3 is 2.11 bits per heavy atom. The van der Waals surface area contributed by atoms with Crippen LogP contribution in [0.5, 0.6) is 11.5 Å². The largest absolute Gasteiger partial charge is 0.494 e. The number of ether oxygens (including phenoxy) is 4. The fraction of sp³-hybridized carbons (Fsp3) is 0.462. The molecular formula is C26H33NO8. The summed E-state index contributed by atoms with van der Waals surface area (Å²) in [5, 5.41) is 11.6. The number of nitro groups is 1. The molecule has 0 aliphatic rings. The molecule has 9 nitrogen and oxygen atoms in total. The number of nitrogens with zero attached hydrogens (tertiary/aromatic N) is 1. The summed E-state index contributed by atoms with van der Waals surface area (Å²) in [5.74, 6) is -0.267. The Morgan fingerprint density at radius 2 is 1.57 bits per heavy atom. The molecule has 0 N–H and O–H groups in total. The lowest BCUT2D eigenvalue weighted by molar-refractivity contribution is -0.386. The molecule has 2 rings (SSSR count). The number of aryl methyl sites for hydroxylation is 1. The van der Waals surface area contributed by atoms with Gasteiger partial charge in [0.15, 0.2) is 5.41 Å². The van der Waals surface area contributed by atoms with E-state index in [4.69, 9.17) is 18.9 Å². The van der Waals surface area contributed by atoms with E-state index in [2.05, 4.69) is 0 Å². The molecular weight excluding hydrogens is 454 g/mol. The van der Waals surface area contributed by atoms with Crippen LogP contribution in [0.3, 0.4) is 0 Å². The van der Waals surface area contributed by atoms with Crippen molar-refractivity contribution in [2.75, 3.05) is 19.8 Å². The molecule has 0 aliphatic carbocycles. The van der Waals surface area contributed by atoms with Gasteiger partial charge in [0.1, 0.15) is 17.6 Å². The summed E-state index contributed by atoms with van der Waals surface area (Å²) >= 11 is 0. The minimum Gasteiger partial charge on any atom is -0.494 e. The number of carbonyl (C=O) groups excluding carboxylic acids is 2. The predicted molar refractivity (Wildman–Crippen MR) is 129 cm³/mol. The SMILES string of the molecule is CCOC(=O)C(C)(CCCOc1ccc([N+](=O)[O-])c(C(C)Oc2ccc(C)cc2)c1)C(=O)OCC. The molecule has 35 heavy (non-hydrogen) atoms. The van der Waals surface area contributed by atoms with Crippen LogP contribution in [0.15, 0.2) is 42.5 Å². The number of hydrogen-bond acceptors (Lipinski definition) is 8. The number of hydrogen-bond donors (Lipinski definition) is 0. The number of carbonyl (C=O) groups is 2. The standard InChI is InChI=1S/C26H33NO8/c1-6-32-24(28)26(5,25(29)33-7-2)15-8-16-34-21-13-14-23(27(30)31)22(17-21)19(4)35-20-11-9-18(3)10-12-20/h9-14,17,19H,6-8,15-16H2,1-5H3. The van der Waals surface area contributed by atoms with Crippen LogP contribution in [0, 0.1) is 22.5 Å². The topological polar surface area (TPSA) is 114 Å². The average Bonchev–Trinajstić information content (AvgIpc) is 2.83. The smallest absolute Gasteiger partial charge is 0.323 e. The average molecular weight is 488 g/mol. The highest BCUT2D eigenvalue weighted by molar-refractivity contribution is 5.99. The third kappa shape index (κ3) is 7.43. The number of nitro benzene ring substituents is 1. The first-order valence-electron chi connectivity index (χ1n) is 11.6. The maximum absolute atomic E-state index is 12.4. The van der Waals surface area contributed by atoms with Gasteiger partial charge < -0.3 is 18.9 Å². The van der Waals surface area contributed by atoms with Crippen molar-refractivity contribution in [1.29, 1.82) is 0 Å². The molecule has 1 atom stereocenters. The summed E-state index contributed by atoms with van der Waals surface area (Å²) in [5.41, 5.74) is -0.0645. The summed E-state index contributed by atoms with van der Waals surface area (Å²) in [6.45, 7) is 9.01. The summed E-state index contributed by atoms with van der Waals surface area (Å²) in [4.78, 5) is 35.9. The maximum Gasteiger partial charge on any atom is 0.323 e. The highest BCUT2D eigenvalue weighted by Crippen LogP contribution is 2.33. The Balaban J connectivity index is 2.10. The van der Waals surface area contributed by atoms with Crippen molar-refractivity contribution in [3.05, 3.63) is 63.7 Å². The zero-order valence-electron chi connectivity index (χ0n) is 20.9. The summed E-state index contributed by atoms with van der Waals surface area (Å²) in [6, 6.07) is 11.9. The Bertz CT molecular complexity index is 1000. The molecule has 0 fully saturated rings. The second-order valence-corrected chi connectivity index (χ2v) is 8.28. The van der Waals surface area contributed by atoms with Crippen molar-refractivity contribution < 1.29 is 33.5 Å². The molecule has 2 aromatic carbocycles. The molecule has 1 unspecified atom stereocenters. The molecule has 0 spiro atoms. The summed E-state index contributed by atoms with van der Waals surface area (Å²) < 4.78 is 21.8. The molecule has 0 saturated carbocycles. The van der Waals surface area contributed by atoms with Gasteiger partial charge in [0.25, 0.3) is 5.69 Å². The minimum atomic E-state index is -1.44. The molecule has 0 saturated heterocycles. The molecule has 9 heteroatoms. The van der Waals surface area contributed by atoms with Gasteiger partial charge in [-0.1, -0.05) is 17.7 Å². The first-order valence-corrected chi connectivity index (χ1v) is 11.6. The van der Waals surface area contributed by atoms with Crippen molar-refractivity contribution in [2.45, 2.75) is 53.6 Å². The van der Waals surface area contributed by atoms with E-state index in [1.54, 1.807) is 26.8 Å². The number of rotatable bonds is 13. The van der Waals surface area contributed by atoms with Gasteiger partial charge in [-0.25, -0.2) is 0 Å². The van der Waals surface area contributed by atoms with Crippen LogP contribution in [0.4, 0.5) is 5.69 Å². The highest BCUT2D eigenvalue weighted by Gasteiger charge is 2.43. The van der Waals surface area contributed by atoms with Gasteiger partial charge in [-0.15, -0.1) is 0 Å². The monoisotopic (exact) mass is 487 g/mol. The van der Waals surface area contributed by atoms with Crippen molar-refractivity contribution in [2.24, 2.45) is 5.41 Å². The van der Waals surface area contributed by atoms with Crippen LogP contribution in [-0.2, 0) is 19.1 Å². The zero-order valence-corrected chi connectivity index (χ0v) is 20.9. The Hall–Kier alpha value is -3.62. The molecule has 190 valence electrons. The number of esters is 2. The van der Waals surface area contributed by atoms with E-state index >= 15 is 0 Å². The Labute approximate surface area is 205 Å². The van der Waals surface area contributed by atoms with Gasteiger partial charge in [0.05, 0.1) is 30.3 Å². The Kier molecular flexibility index (Phi) is 10.1. The first-order chi connectivity index (χ1) is 16.6. The van der Waals surface area contributed by atoms with Crippen LogP contribution in [0.1, 0.15) is 57.8 Å². The van der Waals surface area contributed by atoms with Gasteiger partial charge >= 0.3 is 11.9 Å². The minimum absolute atomic E-state index is 0.0749. The van der Waals surface area contributed by atoms with Gasteiger partial charge in [-0.05, 0) is 71.7 Å². The van der Waals surface area contributed by atoms with E-state index in [-0.39, 0.29) is 31.9 Å².